The van der Waals surface area contributed by atoms with Crippen LogP contribution in [0.5, 0.6) is 0 Å². The zero-order valence-corrected chi connectivity index (χ0v) is 18.2. The second-order valence-corrected chi connectivity index (χ2v) is 8.23. The third kappa shape index (κ3) is 5.15. The number of carbonyl (C=O) groups excluding carboxylic acids is 2. The van der Waals surface area contributed by atoms with E-state index < -0.39 is 0 Å². The van der Waals surface area contributed by atoms with E-state index in [9.17, 15) is 9.59 Å². The average Bonchev–Trinajstić information content (AvgIpc) is 3.36. The summed E-state index contributed by atoms with van der Waals surface area (Å²) in [5.74, 6) is -0.230. The first-order valence-electron chi connectivity index (χ1n) is 9.64. The third-order valence-electron chi connectivity index (χ3n) is 4.96. The van der Waals surface area contributed by atoms with Crippen molar-refractivity contribution in [2.75, 3.05) is 18.4 Å². The lowest BCUT2D eigenvalue weighted by molar-refractivity contribution is 0.0937. The van der Waals surface area contributed by atoms with Crippen molar-refractivity contribution in [2.45, 2.75) is 12.5 Å². The zero-order valence-electron chi connectivity index (χ0n) is 16.7. The van der Waals surface area contributed by atoms with Crippen LogP contribution in [0.2, 0.25) is 10.0 Å². The van der Waals surface area contributed by atoms with Crippen LogP contribution < -0.4 is 10.6 Å². The quantitative estimate of drug-likeness (QED) is 0.621. The van der Waals surface area contributed by atoms with Crippen molar-refractivity contribution in [3.05, 3.63) is 64.7 Å². The molecule has 0 radical (unpaired) electrons. The van der Waals surface area contributed by atoms with Crippen molar-refractivity contribution in [1.82, 2.24) is 25.0 Å². The predicted molar refractivity (Wildman–Crippen MR) is 119 cm³/mol. The van der Waals surface area contributed by atoms with E-state index in [2.05, 4.69) is 20.7 Å². The third-order valence-corrected chi connectivity index (χ3v) is 5.40. The van der Waals surface area contributed by atoms with Gasteiger partial charge in [0.15, 0.2) is 0 Å². The first-order chi connectivity index (χ1) is 14.9. The Labute approximate surface area is 189 Å². The van der Waals surface area contributed by atoms with E-state index in [-0.39, 0.29) is 18.0 Å². The molecule has 1 fully saturated rings. The Bertz CT molecular complexity index is 1110. The molecule has 1 aliphatic rings. The SMILES string of the molecule is Cn1cc(-c2cncc(C(=O)N[C@@H]3CCN(C(=O)Nc4cc(Cl)cc(Cl)c4)C3)c2)cn1. The summed E-state index contributed by atoms with van der Waals surface area (Å²) in [4.78, 5) is 31.1. The summed E-state index contributed by atoms with van der Waals surface area (Å²) in [5.41, 5.74) is 2.67. The van der Waals surface area contributed by atoms with E-state index in [1.807, 2.05) is 13.2 Å². The van der Waals surface area contributed by atoms with Crippen LogP contribution in [0, 0.1) is 0 Å². The minimum Gasteiger partial charge on any atom is -0.347 e. The molecule has 4 rings (SSSR count). The van der Waals surface area contributed by atoms with Crippen LogP contribution >= 0.6 is 23.2 Å². The Kier molecular flexibility index (Phi) is 6.11. The summed E-state index contributed by atoms with van der Waals surface area (Å²) in [6.45, 7) is 0.931. The monoisotopic (exact) mass is 458 g/mol. The van der Waals surface area contributed by atoms with Gasteiger partial charge < -0.3 is 15.5 Å². The maximum Gasteiger partial charge on any atom is 0.321 e. The van der Waals surface area contributed by atoms with E-state index in [0.29, 0.717) is 40.8 Å². The molecule has 0 spiro atoms. The van der Waals surface area contributed by atoms with Gasteiger partial charge in [-0.2, -0.15) is 5.10 Å². The standard InChI is InChI=1S/C21H20Cl2N6O2/c1-28-11-15(10-25-28)13-4-14(9-24-8-13)20(30)26-18-2-3-29(12-18)21(31)27-19-6-16(22)5-17(23)7-19/h4-11,18H,2-3,12H2,1H3,(H,26,30)(H,27,31)/t18-/m1/s1. The summed E-state index contributed by atoms with van der Waals surface area (Å²) in [6.07, 6.45) is 7.46. The van der Waals surface area contributed by atoms with Crippen LogP contribution in [0.4, 0.5) is 10.5 Å². The molecule has 2 N–H and O–H groups in total. The van der Waals surface area contributed by atoms with E-state index in [0.717, 1.165) is 11.1 Å². The van der Waals surface area contributed by atoms with Gasteiger partial charge in [-0.25, -0.2) is 4.79 Å². The Morgan fingerprint density at radius 1 is 1.06 bits per heavy atom. The molecule has 3 amide bonds. The predicted octanol–water partition coefficient (Wildman–Crippen LogP) is 3.83. The Balaban J connectivity index is 1.35. The fourth-order valence-electron chi connectivity index (χ4n) is 3.45. The highest BCUT2D eigenvalue weighted by Crippen LogP contribution is 2.23. The fourth-order valence-corrected chi connectivity index (χ4v) is 3.98. The Hall–Kier alpha value is -3.10. The normalized spacial score (nSPS) is 15.7. The number of pyridine rings is 1. The molecule has 0 aliphatic carbocycles. The molecule has 1 atom stereocenters. The number of hydrogen-bond acceptors (Lipinski definition) is 4. The van der Waals surface area contributed by atoms with Crippen molar-refractivity contribution < 1.29 is 9.59 Å². The summed E-state index contributed by atoms with van der Waals surface area (Å²) in [6, 6.07) is 6.21. The second-order valence-electron chi connectivity index (χ2n) is 7.36. The number of hydrogen-bond donors (Lipinski definition) is 2. The van der Waals surface area contributed by atoms with Crippen molar-refractivity contribution in [3.8, 4) is 11.1 Å². The van der Waals surface area contributed by atoms with E-state index in [1.54, 1.807) is 46.2 Å². The smallest absolute Gasteiger partial charge is 0.321 e. The molecular weight excluding hydrogens is 439 g/mol. The number of aromatic nitrogens is 3. The molecule has 1 saturated heterocycles. The van der Waals surface area contributed by atoms with Gasteiger partial charge in [0.1, 0.15) is 0 Å². The maximum absolute atomic E-state index is 12.7. The van der Waals surface area contributed by atoms with Crippen molar-refractivity contribution in [3.63, 3.8) is 0 Å². The number of nitrogens with zero attached hydrogens (tertiary/aromatic N) is 4. The number of nitrogens with one attached hydrogen (secondary N) is 2. The van der Waals surface area contributed by atoms with Gasteiger partial charge in [-0.15, -0.1) is 0 Å². The summed E-state index contributed by atoms with van der Waals surface area (Å²) in [5, 5.41) is 10.8. The molecule has 3 heterocycles. The van der Waals surface area contributed by atoms with Gasteiger partial charge in [0, 0.05) is 71.6 Å². The lowest BCUT2D eigenvalue weighted by Crippen LogP contribution is -2.39. The van der Waals surface area contributed by atoms with Crippen LogP contribution in [0.15, 0.2) is 49.1 Å². The van der Waals surface area contributed by atoms with E-state index in [1.165, 1.54) is 6.20 Å². The highest BCUT2D eigenvalue weighted by atomic mass is 35.5. The van der Waals surface area contributed by atoms with Gasteiger partial charge in [0.25, 0.3) is 5.91 Å². The first kappa shape index (κ1) is 21.1. The topological polar surface area (TPSA) is 92.2 Å². The number of anilines is 1. The molecule has 10 heteroatoms. The summed E-state index contributed by atoms with van der Waals surface area (Å²) in [7, 11) is 1.83. The van der Waals surface area contributed by atoms with Gasteiger partial charge >= 0.3 is 6.03 Å². The van der Waals surface area contributed by atoms with Crippen molar-refractivity contribution in [2.24, 2.45) is 7.05 Å². The molecule has 31 heavy (non-hydrogen) atoms. The zero-order chi connectivity index (χ0) is 22.0. The number of urea groups is 1. The average molecular weight is 459 g/mol. The molecule has 2 aromatic heterocycles. The molecule has 0 bridgehead atoms. The Morgan fingerprint density at radius 3 is 2.55 bits per heavy atom. The molecule has 0 saturated carbocycles. The van der Waals surface area contributed by atoms with Gasteiger partial charge in [0.05, 0.1) is 11.8 Å². The van der Waals surface area contributed by atoms with Crippen molar-refractivity contribution in [1.29, 1.82) is 0 Å². The number of carbonyl (C=O) groups is 2. The fraction of sp³-hybridized carbons (Fsp3) is 0.238. The van der Waals surface area contributed by atoms with Crippen LogP contribution in [-0.2, 0) is 7.05 Å². The number of benzene rings is 1. The molecule has 160 valence electrons. The molecule has 0 unspecified atom stereocenters. The van der Waals surface area contributed by atoms with Crippen LogP contribution in [0.1, 0.15) is 16.8 Å². The first-order valence-corrected chi connectivity index (χ1v) is 10.4. The molecule has 8 nitrogen and oxygen atoms in total. The molecular formula is C21H20Cl2N6O2. The minimum atomic E-state index is -0.268. The van der Waals surface area contributed by atoms with Crippen LogP contribution in [0.25, 0.3) is 11.1 Å². The van der Waals surface area contributed by atoms with E-state index in [4.69, 9.17) is 23.2 Å². The molecule has 3 aromatic rings. The van der Waals surface area contributed by atoms with Gasteiger partial charge in [-0.1, -0.05) is 23.2 Å². The van der Waals surface area contributed by atoms with Gasteiger partial charge in [-0.05, 0) is 30.7 Å². The number of amides is 3. The molecule has 1 aromatic carbocycles. The molecule has 1 aliphatic heterocycles. The second kappa shape index (κ2) is 8.95. The highest BCUT2D eigenvalue weighted by molar-refractivity contribution is 6.35. The number of likely N-dealkylation sites (tertiary alicyclic amines) is 1. The highest BCUT2D eigenvalue weighted by Gasteiger charge is 2.28. The van der Waals surface area contributed by atoms with Gasteiger partial charge in [-0.3, -0.25) is 14.5 Å². The number of rotatable bonds is 4. The number of aryl methyl sites for hydroxylation is 1. The van der Waals surface area contributed by atoms with E-state index >= 15 is 0 Å². The largest absolute Gasteiger partial charge is 0.347 e. The summed E-state index contributed by atoms with van der Waals surface area (Å²) >= 11 is 12.0. The number of halogens is 2. The summed E-state index contributed by atoms with van der Waals surface area (Å²) < 4.78 is 1.69. The van der Waals surface area contributed by atoms with Crippen LogP contribution in [-0.4, -0.2) is 50.7 Å². The van der Waals surface area contributed by atoms with Crippen LogP contribution in [0.3, 0.4) is 0 Å². The van der Waals surface area contributed by atoms with Gasteiger partial charge in [0.2, 0.25) is 0 Å². The Morgan fingerprint density at radius 2 is 1.84 bits per heavy atom. The lowest BCUT2D eigenvalue weighted by atomic mass is 10.1. The lowest BCUT2D eigenvalue weighted by Gasteiger charge is -2.18. The van der Waals surface area contributed by atoms with Crippen molar-refractivity contribution >= 4 is 40.8 Å². The minimum absolute atomic E-state index is 0.150. The maximum atomic E-state index is 12.7.